The fourth-order valence-electron chi connectivity index (χ4n) is 2.43. The monoisotopic (exact) mass is 311 g/mol. The van der Waals surface area contributed by atoms with Crippen LogP contribution in [0.3, 0.4) is 0 Å². The molecule has 0 aromatic rings. The van der Waals surface area contributed by atoms with Gasteiger partial charge in [0.25, 0.3) is 0 Å². The van der Waals surface area contributed by atoms with E-state index in [0.717, 1.165) is 6.42 Å². The first-order valence-corrected chi connectivity index (χ1v) is 9.38. The van der Waals surface area contributed by atoms with Crippen molar-refractivity contribution in [2.24, 2.45) is 5.90 Å². The molecule has 0 spiro atoms. The molecule has 0 saturated carbocycles. The summed E-state index contributed by atoms with van der Waals surface area (Å²) in [6.07, 6.45) is 23.5. The molecule has 2 heteroatoms. The molecule has 0 rings (SSSR count). The number of allylic oxidation sites excluding steroid dienone is 2. The Morgan fingerprint density at radius 3 is 1.55 bits per heavy atom. The third kappa shape index (κ3) is 24.4. The molecule has 0 aliphatic carbocycles. The Morgan fingerprint density at radius 1 is 0.682 bits per heavy atom. The van der Waals surface area contributed by atoms with Crippen molar-refractivity contribution in [3.8, 4) is 0 Å². The smallest absolute Gasteiger partial charge is 0.0679 e. The van der Waals surface area contributed by atoms with Crippen LogP contribution < -0.4 is 5.90 Å². The Balaban J connectivity index is 0. The summed E-state index contributed by atoms with van der Waals surface area (Å²) >= 11 is 0. The lowest BCUT2D eigenvalue weighted by Crippen LogP contribution is -2.00. The normalized spacial score (nSPS) is 10.6. The number of nitrogens with two attached hydrogens (primary N) is 1. The van der Waals surface area contributed by atoms with Gasteiger partial charge in [0.05, 0.1) is 6.61 Å². The molecule has 0 amide bonds. The summed E-state index contributed by atoms with van der Waals surface area (Å²) in [6.45, 7) is 8.98. The first-order chi connectivity index (χ1) is 10.9. The van der Waals surface area contributed by atoms with Gasteiger partial charge in [-0.1, -0.05) is 76.9 Å². The average Bonchev–Trinajstić information content (AvgIpc) is 2.56. The molecule has 0 radical (unpaired) electrons. The van der Waals surface area contributed by atoms with Crippen LogP contribution in [0, 0.1) is 0 Å². The highest BCUT2D eigenvalue weighted by Gasteiger charge is 1.91. The van der Waals surface area contributed by atoms with E-state index < -0.39 is 0 Å². The molecular formula is C20H41NO. The van der Waals surface area contributed by atoms with E-state index in [4.69, 9.17) is 5.90 Å². The third-order valence-corrected chi connectivity index (χ3v) is 3.77. The number of hydrogen-bond acceptors (Lipinski definition) is 2. The van der Waals surface area contributed by atoms with Crippen LogP contribution in [0.1, 0.15) is 96.8 Å². The zero-order valence-corrected chi connectivity index (χ0v) is 15.2. The molecule has 132 valence electrons. The van der Waals surface area contributed by atoms with Gasteiger partial charge in [-0.25, -0.2) is 5.90 Å². The minimum Gasteiger partial charge on any atom is -0.305 e. The third-order valence-electron chi connectivity index (χ3n) is 3.77. The summed E-state index contributed by atoms with van der Waals surface area (Å²) < 4.78 is 0. The lowest BCUT2D eigenvalue weighted by atomic mass is 10.1. The Labute approximate surface area is 140 Å². The van der Waals surface area contributed by atoms with Crippen molar-refractivity contribution in [3.05, 3.63) is 25.3 Å². The van der Waals surface area contributed by atoms with Crippen molar-refractivity contribution >= 4 is 0 Å². The molecular weight excluding hydrogens is 270 g/mol. The van der Waals surface area contributed by atoms with E-state index in [1.54, 1.807) is 0 Å². The van der Waals surface area contributed by atoms with Crippen LogP contribution in [-0.4, -0.2) is 6.61 Å². The second-order valence-electron chi connectivity index (χ2n) is 5.81. The predicted molar refractivity (Wildman–Crippen MR) is 101 cm³/mol. The van der Waals surface area contributed by atoms with E-state index in [1.807, 2.05) is 0 Å². The molecule has 0 aromatic heterocycles. The van der Waals surface area contributed by atoms with Crippen molar-refractivity contribution < 1.29 is 4.84 Å². The molecule has 0 saturated heterocycles. The molecule has 0 aliphatic rings. The SMILES string of the molecule is C=C.CCCCCCCC/C=C\CCCCCCCCON. The fourth-order valence-corrected chi connectivity index (χ4v) is 2.43. The van der Waals surface area contributed by atoms with Crippen LogP contribution in [0.2, 0.25) is 0 Å². The van der Waals surface area contributed by atoms with Crippen LogP contribution in [0.25, 0.3) is 0 Å². The Kier molecular flexibility index (Phi) is 27.3. The van der Waals surface area contributed by atoms with Crippen molar-refractivity contribution in [1.82, 2.24) is 0 Å². The highest BCUT2D eigenvalue weighted by molar-refractivity contribution is 4.81. The fraction of sp³-hybridized carbons (Fsp3) is 0.800. The van der Waals surface area contributed by atoms with E-state index in [2.05, 4.69) is 37.1 Å². The van der Waals surface area contributed by atoms with Crippen LogP contribution >= 0.6 is 0 Å². The molecule has 2 nitrogen and oxygen atoms in total. The van der Waals surface area contributed by atoms with E-state index >= 15 is 0 Å². The lowest BCUT2D eigenvalue weighted by molar-refractivity contribution is 0.133. The predicted octanol–water partition coefficient (Wildman–Crippen LogP) is 6.72. The summed E-state index contributed by atoms with van der Waals surface area (Å²) in [4.78, 5) is 4.55. The van der Waals surface area contributed by atoms with E-state index in [0.29, 0.717) is 6.61 Å². The Morgan fingerprint density at radius 2 is 1.09 bits per heavy atom. The van der Waals surface area contributed by atoms with Gasteiger partial charge in [-0.2, -0.15) is 0 Å². The highest BCUT2D eigenvalue weighted by atomic mass is 16.6. The van der Waals surface area contributed by atoms with Crippen molar-refractivity contribution in [2.45, 2.75) is 96.8 Å². The minimum atomic E-state index is 0.710. The van der Waals surface area contributed by atoms with Gasteiger partial charge in [0, 0.05) is 0 Å². The summed E-state index contributed by atoms with van der Waals surface area (Å²) in [5, 5.41) is 0. The van der Waals surface area contributed by atoms with Crippen LogP contribution in [0.4, 0.5) is 0 Å². The Hall–Kier alpha value is -0.600. The van der Waals surface area contributed by atoms with Crippen molar-refractivity contribution in [3.63, 3.8) is 0 Å². The highest BCUT2D eigenvalue weighted by Crippen LogP contribution is 2.09. The van der Waals surface area contributed by atoms with Gasteiger partial charge in [0.1, 0.15) is 0 Å². The second-order valence-corrected chi connectivity index (χ2v) is 5.81. The first kappa shape index (κ1) is 23.7. The van der Waals surface area contributed by atoms with E-state index in [9.17, 15) is 0 Å². The standard InChI is InChI=1S/C18H37NO.C2H4/c1-2-3-4-5-6-7-8-9-10-11-12-13-14-15-16-17-18-20-19;1-2/h9-10H,2-8,11-19H2,1H3;1-2H2/b10-9-;. The van der Waals surface area contributed by atoms with Gasteiger partial charge in [-0.05, 0) is 32.1 Å². The van der Waals surface area contributed by atoms with Crippen molar-refractivity contribution in [2.75, 3.05) is 6.61 Å². The van der Waals surface area contributed by atoms with Crippen LogP contribution in [-0.2, 0) is 4.84 Å². The molecule has 22 heavy (non-hydrogen) atoms. The summed E-state index contributed by atoms with van der Waals surface area (Å²) in [5.41, 5.74) is 0. The van der Waals surface area contributed by atoms with Gasteiger partial charge in [-0.3, -0.25) is 0 Å². The largest absolute Gasteiger partial charge is 0.305 e. The first-order valence-electron chi connectivity index (χ1n) is 9.38. The lowest BCUT2D eigenvalue weighted by Gasteiger charge is -2.00. The molecule has 0 aromatic carbocycles. The number of unbranched alkanes of at least 4 members (excludes halogenated alkanes) is 12. The quantitative estimate of drug-likeness (QED) is 0.195. The summed E-state index contributed by atoms with van der Waals surface area (Å²) in [7, 11) is 0. The van der Waals surface area contributed by atoms with Crippen LogP contribution in [0.5, 0.6) is 0 Å². The topological polar surface area (TPSA) is 35.2 Å². The molecule has 0 bridgehead atoms. The molecule has 0 fully saturated rings. The maximum Gasteiger partial charge on any atom is 0.0679 e. The van der Waals surface area contributed by atoms with Gasteiger partial charge >= 0.3 is 0 Å². The van der Waals surface area contributed by atoms with Gasteiger partial charge in [-0.15, -0.1) is 13.2 Å². The second kappa shape index (κ2) is 25.4. The molecule has 2 N–H and O–H groups in total. The molecule has 0 atom stereocenters. The Bertz CT molecular complexity index is 204. The van der Waals surface area contributed by atoms with E-state index in [-0.39, 0.29) is 0 Å². The maximum atomic E-state index is 4.98. The van der Waals surface area contributed by atoms with Gasteiger partial charge in [0.2, 0.25) is 0 Å². The molecule has 0 aliphatic heterocycles. The summed E-state index contributed by atoms with van der Waals surface area (Å²) in [6, 6.07) is 0. The number of rotatable bonds is 16. The van der Waals surface area contributed by atoms with Crippen molar-refractivity contribution in [1.29, 1.82) is 0 Å². The average molecular weight is 312 g/mol. The number of hydrogen-bond donors (Lipinski definition) is 1. The zero-order valence-electron chi connectivity index (χ0n) is 15.2. The summed E-state index contributed by atoms with van der Waals surface area (Å²) in [5.74, 6) is 4.98. The van der Waals surface area contributed by atoms with Gasteiger partial charge in [0.15, 0.2) is 0 Å². The van der Waals surface area contributed by atoms with E-state index in [1.165, 1.54) is 83.5 Å². The van der Waals surface area contributed by atoms with Crippen LogP contribution in [0.15, 0.2) is 25.3 Å². The van der Waals surface area contributed by atoms with Gasteiger partial charge < -0.3 is 4.84 Å². The molecule has 0 unspecified atom stereocenters. The molecule has 0 heterocycles. The minimum absolute atomic E-state index is 0.710. The zero-order chi connectivity index (χ0) is 16.7. The maximum absolute atomic E-state index is 4.98.